The molecule has 1 saturated carbocycles. The van der Waals surface area contributed by atoms with E-state index < -0.39 is 0 Å². The first-order chi connectivity index (χ1) is 6.25. The van der Waals surface area contributed by atoms with Crippen molar-refractivity contribution in [1.29, 1.82) is 0 Å². The second-order valence-electron chi connectivity index (χ2n) is 3.84. The molecule has 0 radical (unpaired) electrons. The van der Waals surface area contributed by atoms with Crippen molar-refractivity contribution < 1.29 is 4.79 Å². The van der Waals surface area contributed by atoms with E-state index in [1.54, 1.807) is 0 Å². The summed E-state index contributed by atoms with van der Waals surface area (Å²) in [5, 5.41) is 0. The summed E-state index contributed by atoms with van der Waals surface area (Å²) in [5.41, 5.74) is 5.36. The molecule has 0 unspecified atom stereocenters. The predicted molar refractivity (Wildman–Crippen MR) is 53.3 cm³/mol. The van der Waals surface area contributed by atoms with Crippen molar-refractivity contribution in [3.05, 3.63) is 0 Å². The van der Waals surface area contributed by atoms with Gasteiger partial charge in [-0.05, 0) is 25.8 Å². The molecule has 0 aromatic heterocycles. The first-order valence-corrected chi connectivity index (χ1v) is 5.21. The summed E-state index contributed by atoms with van der Waals surface area (Å²) >= 11 is 0. The van der Waals surface area contributed by atoms with Gasteiger partial charge in [-0.1, -0.05) is 12.8 Å². The lowest BCUT2D eigenvalue weighted by atomic mass is 10.2. The summed E-state index contributed by atoms with van der Waals surface area (Å²) in [6.45, 7) is 0.615. The van der Waals surface area contributed by atoms with E-state index in [2.05, 4.69) is 0 Å². The van der Waals surface area contributed by atoms with Crippen LogP contribution in [-0.4, -0.2) is 30.4 Å². The zero-order valence-corrected chi connectivity index (χ0v) is 8.46. The lowest BCUT2D eigenvalue weighted by molar-refractivity contribution is -0.131. The molecule has 1 rings (SSSR count). The van der Waals surface area contributed by atoms with Crippen LogP contribution in [0.2, 0.25) is 0 Å². The van der Waals surface area contributed by atoms with E-state index in [1.165, 1.54) is 25.7 Å². The summed E-state index contributed by atoms with van der Waals surface area (Å²) < 4.78 is 0. The smallest absolute Gasteiger partial charge is 0.222 e. The Kier molecular flexibility index (Phi) is 4.22. The van der Waals surface area contributed by atoms with Crippen molar-refractivity contribution in [2.75, 3.05) is 13.6 Å². The maximum absolute atomic E-state index is 11.6. The Morgan fingerprint density at radius 2 is 2.08 bits per heavy atom. The Bertz CT molecular complexity index is 164. The lowest BCUT2D eigenvalue weighted by Gasteiger charge is -2.24. The van der Waals surface area contributed by atoms with Crippen molar-refractivity contribution >= 4 is 5.91 Å². The fourth-order valence-corrected chi connectivity index (χ4v) is 1.92. The molecule has 0 heterocycles. The minimum Gasteiger partial charge on any atom is -0.343 e. The van der Waals surface area contributed by atoms with E-state index in [1.807, 2.05) is 11.9 Å². The second kappa shape index (κ2) is 5.22. The van der Waals surface area contributed by atoms with Gasteiger partial charge in [0.2, 0.25) is 5.91 Å². The first-order valence-electron chi connectivity index (χ1n) is 5.21. The van der Waals surface area contributed by atoms with Gasteiger partial charge in [-0.15, -0.1) is 0 Å². The summed E-state index contributed by atoms with van der Waals surface area (Å²) in [5.74, 6) is 0.261. The molecule has 3 heteroatoms. The lowest BCUT2D eigenvalue weighted by Crippen LogP contribution is -2.35. The molecule has 0 bridgehead atoms. The quantitative estimate of drug-likeness (QED) is 0.712. The maximum Gasteiger partial charge on any atom is 0.222 e. The van der Waals surface area contributed by atoms with E-state index in [9.17, 15) is 4.79 Å². The summed E-state index contributed by atoms with van der Waals surface area (Å²) in [7, 11) is 1.93. The minimum atomic E-state index is 0.261. The molecule has 76 valence electrons. The Morgan fingerprint density at radius 1 is 1.46 bits per heavy atom. The van der Waals surface area contributed by atoms with E-state index in [0.717, 1.165) is 6.42 Å². The van der Waals surface area contributed by atoms with Crippen molar-refractivity contribution in [3.8, 4) is 0 Å². The molecule has 1 fully saturated rings. The van der Waals surface area contributed by atoms with Gasteiger partial charge in [-0.25, -0.2) is 0 Å². The minimum absolute atomic E-state index is 0.261. The van der Waals surface area contributed by atoms with Crippen molar-refractivity contribution in [2.45, 2.75) is 44.6 Å². The van der Waals surface area contributed by atoms with Crippen molar-refractivity contribution in [3.63, 3.8) is 0 Å². The zero-order chi connectivity index (χ0) is 9.68. The highest BCUT2D eigenvalue weighted by molar-refractivity contribution is 5.76. The van der Waals surface area contributed by atoms with Gasteiger partial charge in [0.05, 0.1) is 0 Å². The molecule has 13 heavy (non-hydrogen) atoms. The molecule has 0 spiro atoms. The molecule has 2 N–H and O–H groups in total. The topological polar surface area (TPSA) is 46.3 Å². The Balaban J connectivity index is 2.28. The number of hydrogen-bond acceptors (Lipinski definition) is 2. The predicted octanol–water partition coefficient (Wildman–Crippen LogP) is 1.13. The number of amides is 1. The van der Waals surface area contributed by atoms with Gasteiger partial charge in [0.1, 0.15) is 0 Å². The third-order valence-corrected chi connectivity index (χ3v) is 2.86. The van der Waals surface area contributed by atoms with Crippen LogP contribution in [0.3, 0.4) is 0 Å². The van der Waals surface area contributed by atoms with E-state index in [4.69, 9.17) is 5.73 Å². The van der Waals surface area contributed by atoms with Crippen LogP contribution in [0.4, 0.5) is 0 Å². The van der Waals surface area contributed by atoms with E-state index in [0.29, 0.717) is 19.0 Å². The largest absolute Gasteiger partial charge is 0.343 e. The van der Waals surface area contributed by atoms with Gasteiger partial charge in [-0.3, -0.25) is 4.79 Å². The number of rotatable bonds is 4. The van der Waals surface area contributed by atoms with Crippen LogP contribution in [0.15, 0.2) is 0 Å². The fourth-order valence-electron chi connectivity index (χ4n) is 1.92. The molecule has 1 aliphatic rings. The van der Waals surface area contributed by atoms with Gasteiger partial charge in [-0.2, -0.15) is 0 Å². The van der Waals surface area contributed by atoms with Crippen LogP contribution in [0, 0.1) is 0 Å². The van der Waals surface area contributed by atoms with Gasteiger partial charge < -0.3 is 10.6 Å². The van der Waals surface area contributed by atoms with Crippen LogP contribution in [0.1, 0.15) is 38.5 Å². The monoisotopic (exact) mass is 184 g/mol. The number of carbonyl (C=O) groups is 1. The molecule has 0 aromatic carbocycles. The molecule has 1 aliphatic carbocycles. The van der Waals surface area contributed by atoms with Gasteiger partial charge in [0, 0.05) is 19.5 Å². The van der Waals surface area contributed by atoms with Gasteiger partial charge in [0.25, 0.3) is 0 Å². The van der Waals surface area contributed by atoms with Crippen molar-refractivity contribution in [2.24, 2.45) is 5.73 Å². The van der Waals surface area contributed by atoms with Gasteiger partial charge >= 0.3 is 0 Å². The highest BCUT2D eigenvalue weighted by Crippen LogP contribution is 2.22. The van der Waals surface area contributed by atoms with Crippen LogP contribution < -0.4 is 5.73 Å². The zero-order valence-electron chi connectivity index (χ0n) is 8.46. The molecular formula is C10H20N2O. The maximum atomic E-state index is 11.6. The summed E-state index contributed by atoms with van der Waals surface area (Å²) in [4.78, 5) is 13.5. The summed E-state index contributed by atoms with van der Waals surface area (Å²) in [6.07, 6.45) is 6.35. The molecule has 0 aliphatic heterocycles. The van der Waals surface area contributed by atoms with Crippen LogP contribution in [0.25, 0.3) is 0 Å². The van der Waals surface area contributed by atoms with Crippen LogP contribution in [0.5, 0.6) is 0 Å². The molecule has 1 amide bonds. The number of carbonyl (C=O) groups excluding carboxylic acids is 1. The summed E-state index contributed by atoms with van der Waals surface area (Å²) in [6, 6.07) is 0.505. The molecular weight excluding hydrogens is 164 g/mol. The number of hydrogen-bond donors (Lipinski definition) is 1. The molecule has 0 atom stereocenters. The van der Waals surface area contributed by atoms with Crippen LogP contribution in [-0.2, 0) is 4.79 Å². The number of nitrogens with zero attached hydrogens (tertiary/aromatic N) is 1. The normalized spacial score (nSPS) is 17.7. The highest BCUT2D eigenvalue weighted by atomic mass is 16.2. The highest BCUT2D eigenvalue weighted by Gasteiger charge is 2.22. The standard InChI is InChI=1S/C10H20N2O/c1-12(9-5-2-3-6-9)10(13)7-4-8-11/h9H,2-8,11H2,1H3. The van der Waals surface area contributed by atoms with Crippen LogP contribution >= 0.6 is 0 Å². The van der Waals surface area contributed by atoms with E-state index in [-0.39, 0.29) is 5.91 Å². The number of nitrogens with two attached hydrogens (primary N) is 1. The molecule has 0 saturated heterocycles. The Morgan fingerprint density at radius 3 is 2.62 bits per heavy atom. The third kappa shape index (κ3) is 2.99. The fraction of sp³-hybridized carbons (Fsp3) is 0.900. The average molecular weight is 184 g/mol. The average Bonchev–Trinajstić information content (AvgIpc) is 2.65. The SMILES string of the molecule is CN(C(=O)CCCN)C1CCCC1. The van der Waals surface area contributed by atoms with Gasteiger partial charge in [0.15, 0.2) is 0 Å². The van der Waals surface area contributed by atoms with E-state index >= 15 is 0 Å². The Labute approximate surface area is 80.3 Å². The Hall–Kier alpha value is -0.570. The molecule has 0 aromatic rings. The second-order valence-corrected chi connectivity index (χ2v) is 3.84. The van der Waals surface area contributed by atoms with Crippen molar-refractivity contribution in [1.82, 2.24) is 4.90 Å². The molecule has 3 nitrogen and oxygen atoms in total. The third-order valence-electron chi connectivity index (χ3n) is 2.86. The first kappa shape index (κ1) is 10.5.